The van der Waals surface area contributed by atoms with Crippen LogP contribution in [0.5, 0.6) is 11.6 Å². The lowest BCUT2D eigenvalue weighted by atomic mass is 10.2. The molecule has 4 heterocycles. The van der Waals surface area contributed by atoms with E-state index in [9.17, 15) is 18.4 Å². The quantitative estimate of drug-likeness (QED) is 0.347. The zero-order valence-corrected chi connectivity index (χ0v) is 20.6. The number of methoxy groups -OCH3 is 2. The summed E-state index contributed by atoms with van der Waals surface area (Å²) in [5, 5.41) is -0.381. The summed E-state index contributed by atoms with van der Waals surface area (Å²) in [6.45, 7) is -0.610. The number of anilines is 1. The molecule has 10 nitrogen and oxygen atoms in total. The Morgan fingerprint density at radius 3 is 2.76 bits per heavy atom. The minimum atomic E-state index is -2.58. The van der Waals surface area contributed by atoms with E-state index in [2.05, 4.69) is 9.97 Å². The van der Waals surface area contributed by atoms with Gasteiger partial charge in [0.25, 0.3) is 5.56 Å². The van der Waals surface area contributed by atoms with Crippen LogP contribution in [-0.4, -0.2) is 59.3 Å². The predicted octanol–water partition coefficient (Wildman–Crippen LogP) is 3.26. The van der Waals surface area contributed by atoms with E-state index in [1.807, 2.05) is 0 Å². The number of hydrogen-bond donors (Lipinski definition) is 0. The van der Waals surface area contributed by atoms with Crippen molar-refractivity contribution in [2.24, 2.45) is 0 Å². The average molecular weight is 549 g/mol. The van der Waals surface area contributed by atoms with Crippen LogP contribution < -0.4 is 25.6 Å². The lowest BCUT2D eigenvalue weighted by molar-refractivity contribution is 0.121. The summed E-state index contributed by atoms with van der Waals surface area (Å²) in [6.07, 6.45) is 2.21. The van der Waals surface area contributed by atoms with Crippen molar-refractivity contribution in [3.8, 4) is 23.0 Å². The molecule has 0 saturated carbocycles. The van der Waals surface area contributed by atoms with Gasteiger partial charge in [0, 0.05) is 32.3 Å². The van der Waals surface area contributed by atoms with Gasteiger partial charge in [0.15, 0.2) is 0 Å². The van der Waals surface area contributed by atoms with Crippen molar-refractivity contribution in [1.82, 2.24) is 19.1 Å². The molecule has 5 rings (SSSR count). The molecule has 1 saturated heterocycles. The molecule has 0 spiro atoms. The first kappa shape index (κ1) is 22.0. The maximum Gasteiger partial charge on any atom is 0.340 e. The van der Waals surface area contributed by atoms with Crippen LogP contribution in [-0.2, 0) is 4.74 Å². The van der Waals surface area contributed by atoms with Gasteiger partial charge in [0.1, 0.15) is 22.8 Å². The molecule has 0 unspecified atom stereocenters. The number of hydrogen-bond acceptors (Lipinski definition) is 8. The highest BCUT2D eigenvalue weighted by atomic mass is 35.5. The van der Waals surface area contributed by atoms with Crippen molar-refractivity contribution >= 4 is 28.3 Å². The SMILES string of the molecule is [2H]C([2H])([2H])O[C@@H]1CCN(c2cc3c(c(OC)n2)c(=O)n(-c2cncc(OCF)c2)c(=O)n3-c2ccc(F)c(Cl)c2)C1. The minimum Gasteiger partial charge on any atom is -0.480 e. The highest BCUT2D eigenvalue weighted by Gasteiger charge is 2.27. The Balaban J connectivity index is 1.78. The summed E-state index contributed by atoms with van der Waals surface area (Å²) in [5.74, 6) is -0.609. The Hall–Kier alpha value is -4.03. The number of nitrogens with zero attached hydrogens (tertiary/aromatic N) is 5. The van der Waals surface area contributed by atoms with Gasteiger partial charge in [-0.2, -0.15) is 4.98 Å². The van der Waals surface area contributed by atoms with Crippen molar-refractivity contribution in [3.63, 3.8) is 0 Å². The van der Waals surface area contributed by atoms with Crippen LogP contribution >= 0.6 is 11.6 Å². The number of alkyl halides is 1. The Kier molecular flexibility index (Phi) is 6.01. The van der Waals surface area contributed by atoms with E-state index < -0.39 is 37.1 Å². The molecule has 0 amide bonds. The zero-order chi connectivity index (χ0) is 29.5. The minimum absolute atomic E-state index is 0.0314. The number of aromatic nitrogens is 4. The molecule has 0 radical (unpaired) electrons. The fourth-order valence-corrected chi connectivity index (χ4v) is 4.57. The van der Waals surface area contributed by atoms with Gasteiger partial charge < -0.3 is 19.1 Å². The smallest absolute Gasteiger partial charge is 0.340 e. The van der Waals surface area contributed by atoms with E-state index in [0.717, 1.165) is 15.2 Å². The summed E-state index contributed by atoms with van der Waals surface area (Å²) in [5.41, 5.74) is -1.56. The fourth-order valence-electron chi connectivity index (χ4n) is 4.39. The molecule has 13 heteroatoms. The van der Waals surface area contributed by atoms with Crippen molar-refractivity contribution in [1.29, 1.82) is 0 Å². The largest absolute Gasteiger partial charge is 0.480 e. The van der Waals surface area contributed by atoms with Crippen LogP contribution in [0.4, 0.5) is 14.6 Å². The average Bonchev–Trinajstić information content (AvgIpc) is 3.37. The highest BCUT2D eigenvalue weighted by Crippen LogP contribution is 2.30. The van der Waals surface area contributed by atoms with E-state index >= 15 is 0 Å². The first-order valence-corrected chi connectivity index (χ1v) is 11.7. The predicted molar refractivity (Wildman–Crippen MR) is 136 cm³/mol. The lowest BCUT2D eigenvalue weighted by Gasteiger charge is -2.21. The molecule has 198 valence electrons. The first-order chi connectivity index (χ1) is 19.5. The van der Waals surface area contributed by atoms with Gasteiger partial charge in [-0.15, -0.1) is 0 Å². The van der Waals surface area contributed by atoms with E-state index in [1.165, 1.54) is 43.8 Å². The van der Waals surface area contributed by atoms with E-state index in [-0.39, 0.29) is 51.3 Å². The molecular formula is C25H22ClF2N5O5. The highest BCUT2D eigenvalue weighted by molar-refractivity contribution is 6.30. The first-order valence-electron chi connectivity index (χ1n) is 12.8. The Morgan fingerprint density at radius 2 is 2.03 bits per heavy atom. The van der Waals surface area contributed by atoms with Gasteiger partial charge in [-0.3, -0.25) is 14.3 Å². The maximum atomic E-state index is 14.1. The Morgan fingerprint density at radius 1 is 1.18 bits per heavy atom. The van der Waals surface area contributed by atoms with Gasteiger partial charge in [-0.25, -0.2) is 18.1 Å². The molecule has 0 aliphatic carbocycles. The number of rotatable bonds is 7. The standard InChI is InChI=1S/C25H22ClF2N5O5/c1-36-16-5-6-31(12-16)21-9-20-22(23(30-21)37-2)24(34)33(15-7-17(38-13-27)11-29-10-15)25(35)32(20)14-3-4-19(28)18(26)8-14/h3-4,7-11,16H,5-6,12-13H2,1-2H3/t16-/m1/s1/i1D3. The molecule has 1 aliphatic rings. The third-order valence-electron chi connectivity index (χ3n) is 6.16. The summed E-state index contributed by atoms with van der Waals surface area (Å²) < 4.78 is 66.4. The van der Waals surface area contributed by atoms with Gasteiger partial charge in [-0.05, 0) is 24.6 Å². The summed E-state index contributed by atoms with van der Waals surface area (Å²) in [6, 6.07) is 6.32. The maximum absolute atomic E-state index is 14.1. The van der Waals surface area contributed by atoms with E-state index in [1.54, 1.807) is 4.90 Å². The Bertz CT molecular complexity index is 1750. The molecule has 1 aliphatic heterocycles. The molecular weight excluding hydrogens is 524 g/mol. The van der Waals surface area contributed by atoms with Gasteiger partial charge in [0.2, 0.25) is 12.7 Å². The van der Waals surface area contributed by atoms with E-state index in [0.29, 0.717) is 13.0 Å². The fraction of sp³-hybridized carbons (Fsp3) is 0.280. The Labute approximate surface area is 223 Å². The second-order valence-corrected chi connectivity index (χ2v) is 8.75. The normalized spacial score (nSPS) is 16.8. The molecule has 1 fully saturated rings. The summed E-state index contributed by atoms with van der Waals surface area (Å²) in [4.78, 5) is 38.0. The second kappa shape index (κ2) is 10.4. The third-order valence-corrected chi connectivity index (χ3v) is 6.45. The third kappa shape index (κ3) is 4.45. The topological polar surface area (TPSA) is 101 Å². The van der Waals surface area contributed by atoms with Gasteiger partial charge in [0.05, 0.1) is 51.6 Å². The second-order valence-electron chi connectivity index (χ2n) is 8.35. The van der Waals surface area contributed by atoms with Crippen LogP contribution in [0, 0.1) is 5.82 Å². The lowest BCUT2D eigenvalue weighted by Crippen LogP contribution is -2.39. The molecule has 4 aromatic rings. The van der Waals surface area contributed by atoms with Crippen LogP contribution in [0.1, 0.15) is 10.5 Å². The summed E-state index contributed by atoms with van der Waals surface area (Å²) >= 11 is 6.05. The molecule has 3 aromatic heterocycles. The van der Waals surface area contributed by atoms with Crippen molar-refractivity contribution in [2.45, 2.75) is 12.5 Å². The summed E-state index contributed by atoms with van der Waals surface area (Å²) in [7, 11) is -1.29. The zero-order valence-electron chi connectivity index (χ0n) is 22.9. The van der Waals surface area contributed by atoms with Gasteiger partial charge >= 0.3 is 5.69 Å². The van der Waals surface area contributed by atoms with Gasteiger partial charge in [-0.1, -0.05) is 11.6 Å². The van der Waals surface area contributed by atoms with E-state index in [4.69, 9.17) is 29.9 Å². The van der Waals surface area contributed by atoms with Crippen molar-refractivity contribution in [2.75, 3.05) is 39.0 Å². The van der Waals surface area contributed by atoms with Crippen LogP contribution in [0.15, 0.2) is 52.3 Å². The van der Waals surface area contributed by atoms with Crippen molar-refractivity contribution < 1.29 is 27.1 Å². The number of fused-ring (bicyclic) bond motifs is 1. The van der Waals surface area contributed by atoms with Crippen LogP contribution in [0.3, 0.4) is 0 Å². The molecule has 38 heavy (non-hydrogen) atoms. The van der Waals surface area contributed by atoms with Crippen LogP contribution in [0.2, 0.25) is 5.02 Å². The number of halogens is 3. The number of ether oxygens (including phenoxy) is 3. The number of pyridine rings is 2. The monoisotopic (exact) mass is 548 g/mol. The van der Waals surface area contributed by atoms with Crippen LogP contribution in [0.25, 0.3) is 22.3 Å². The number of benzene rings is 1. The molecule has 1 atom stereocenters. The van der Waals surface area contributed by atoms with Crippen molar-refractivity contribution in [3.05, 3.63) is 74.4 Å². The molecule has 0 N–H and O–H groups in total. The molecule has 0 bridgehead atoms. The molecule has 1 aromatic carbocycles.